The SMILES string of the molecule is C=Cc1cc(-n2nc(C)nc2C)cc(C)n1. The van der Waals surface area contributed by atoms with Crippen LogP contribution in [0.1, 0.15) is 23.0 Å². The maximum Gasteiger partial charge on any atom is 0.148 e. The van der Waals surface area contributed by atoms with Crippen LogP contribution in [0.4, 0.5) is 0 Å². The summed E-state index contributed by atoms with van der Waals surface area (Å²) in [4.78, 5) is 8.61. The third-order valence-corrected chi connectivity index (χ3v) is 2.29. The average Bonchev–Trinajstić information content (AvgIpc) is 2.57. The van der Waals surface area contributed by atoms with E-state index in [9.17, 15) is 0 Å². The molecule has 16 heavy (non-hydrogen) atoms. The zero-order valence-corrected chi connectivity index (χ0v) is 9.73. The molecule has 0 atom stereocenters. The monoisotopic (exact) mass is 214 g/mol. The van der Waals surface area contributed by atoms with Crippen molar-refractivity contribution in [1.29, 1.82) is 0 Å². The van der Waals surface area contributed by atoms with Crippen molar-refractivity contribution in [3.63, 3.8) is 0 Å². The van der Waals surface area contributed by atoms with Crippen molar-refractivity contribution in [2.75, 3.05) is 0 Å². The van der Waals surface area contributed by atoms with Crippen LogP contribution in [0.3, 0.4) is 0 Å². The highest BCUT2D eigenvalue weighted by atomic mass is 15.3. The van der Waals surface area contributed by atoms with Gasteiger partial charge in [0.15, 0.2) is 0 Å². The van der Waals surface area contributed by atoms with Gasteiger partial charge in [0.1, 0.15) is 11.6 Å². The quantitative estimate of drug-likeness (QED) is 0.770. The minimum absolute atomic E-state index is 0.770. The van der Waals surface area contributed by atoms with Gasteiger partial charge in [0.05, 0.1) is 11.4 Å². The smallest absolute Gasteiger partial charge is 0.148 e. The molecule has 0 saturated heterocycles. The van der Waals surface area contributed by atoms with Crippen LogP contribution in [0.2, 0.25) is 0 Å². The molecule has 0 saturated carbocycles. The normalized spacial score (nSPS) is 10.4. The molecule has 0 bridgehead atoms. The van der Waals surface area contributed by atoms with E-state index in [0.29, 0.717) is 0 Å². The molecule has 0 amide bonds. The first-order valence-electron chi connectivity index (χ1n) is 5.12. The topological polar surface area (TPSA) is 43.6 Å². The van der Waals surface area contributed by atoms with Crippen molar-refractivity contribution in [3.8, 4) is 5.69 Å². The number of aryl methyl sites for hydroxylation is 3. The van der Waals surface area contributed by atoms with E-state index >= 15 is 0 Å². The summed E-state index contributed by atoms with van der Waals surface area (Å²) in [6.45, 7) is 9.50. The predicted molar refractivity (Wildman–Crippen MR) is 63.5 cm³/mol. The van der Waals surface area contributed by atoms with Crippen LogP contribution in [0.15, 0.2) is 18.7 Å². The van der Waals surface area contributed by atoms with Gasteiger partial charge in [-0.2, -0.15) is 5.10 Å². The summed E-state index contributed by atoms with van der Waals surface area (Å²) in [5.41, 5.74) is 2.77. The van der Waals surface area contributed by atoms with Crippen LogP contribution < -0.4 is 0 Å². The van der Waals surface area contributed by atoms with E-state index in [-0.39, 0.29) is 0 Å². The van der Waals surface area contributed by atoms with Crippen LogP contribution in [0.5, 0.6) is 0 Å². The molecule has 0 unspecified atom stereocenters. The van der Waals surface area contributed by atoms with E-state index in [2.05, 4.69) is 21.6 Å². The van der Waals surface area contributed by atoms with Crippen LogP contribution in [0, 0.1) is 20.8 Å². The first-order chi connectivity index (χ1) is 7.60. The third kappa shape index (κ3) is 1.86. The summed E-state index contributed by atoms with van der Waals surface area (Å²) in [5.74, 6) is 1.64. The van der Waals surface area contributed by atoms with Crippen LogP contribution in [-0.4, -0.2) is 19.7 Å². The Morgan fingerprint density at radius 3 is 2.50 bits per heavy atom. The second kappa shape index (κ2) is 3.89. The van der Waals surface area contributed by atoms with Gasteiger partial charge in [0.25, 0.3) is 0 Å². The van der Waals surface area contributed by atoms with E-state index in [1.54, 1.807) is 6.08 Å². The fourth-order valence-electron chi connectivity index (χ4n) is 1.67. The molecular formula is C12H14N4. The molecule has 2 rings (SSSR count). The largest absolute Gasteiger partial charge is 0.254 e. The molecule has 82 valence electrons. The van der Waals surface area contributed by atoms with Gasteiger partial charge in [-0.1, -0.05) is 6.58 Å². The zero-order valence-electron chi connectivity index (χ0n) is 9.73. The van der Waals surface area contributed by atoms with Gasteiger partial charge >= 0.3 is 0 Å². The lowest BCUT2D eigenvalue weighted by Gasteiger charge is -2.05. The number of pyridine rings is 1. The molecular weight excluding hydrogens is 200 g/mol. The van der Waals surface area contributed by atoms with E-state index in [1.807, 2.05) is 37.6 Å². The molecule has 0 spiro atoms. The summed E-state index contributed by atoms with van der Waals surface area (Å²) in [5, 5.41) is 4.34. The minimum atomic E-state index is 0.770. The lowest BCUT2D eigenvalue weighted by Crippen LogP contribution is -2.01. The van der Waals surface area contributed by atoms with Crippen LogP contribution in [0.25, 0.3) is 11.8 Å². The number of rotatable bonds is 2. The van der Waals surface area contributed by atoms with Gasteiger partial charge in [-0.3, -0.25) is 4.98 Å². The molecule has 0 aliphatic rings. The standard InChI is InChI=1S/C12H14N4/c1-5-11-7-12(6-8(2)13-11)16-10(4)14-9(3)15-16/h5-7H,1H2,2-4H3. The molecule has 0 aromatic carbocycles. The van der Waals surface area contributed by atoms with Crippen molar-refractivity contribution < 1.29 is 0 Å². The second-order valence-corrected chi connectivity index (χ2v) is 3.71. The van der Waals surface area contributed by atoms with Crippen LogP contribution in [-0.2, 0) is 0 Å². The van der Waals surface area contributed by atoms with Crippen molar-refractivity contribution >= 4 is 6.08 Å². The van der Waals surface area contributed by atoms with Crippen molar-refractivity contribution in [2.45, 2.75) is 20.8 Å². The van der Waals surface area contributed by atoms with Crippen molar-refractivity contribution in [3.05, 3.63) is 41.7 Å². The second-order valence-electron chi connectivity index (χ2n) is 3.71. The fraction of sp³-hybridized carbons (Fsp3) is 0.250. The first-order valence-corrected chi connectivity index (χ1v) is 5.12. The average molecular weight is 214 g/mol. The summed E-state index contributed by atoms with van der Waals surface area (Å²) in [6, 6.07) is 3.93. The fourth-order valence-corrected chi connectivity index (χ4v) is 1.67. The van der Waals surface area contributed by atoms with E-state index in [1.165, 1.54) is 0 Å². The number of hydrogen-bond donors (Lipinski definition) is 0. The molecule has 4 heteroatoms. The Morgan fingerprint density at radius 1 is 1.19 bits per heavy atom. The zero-order chi connectivity index (χ0) is 11.7. The molecule has 0 fully saturated rings. The third-order valence-electron chi connectivity index (χ3n) is 2.29. The van der Waals surface area contributed by atoms with Gasteiger partial charge in [-0.15, -0.1) is 0 Å². The molecule has 4 nitrogen and oxygen atoms in total. The van der Waals surface area contributed by atoms with Crippen molar-refractivity contribution in [1.82, 2.24) is 19.7 Å². The van der Waals surface area contributed by atoms with E-state index in [0.717, 1.165) is 28.7 Å². The van der Waals surface area contributed by atoms with Gasteiger partial charge in [0.2, 0.25) is 0 Å². The number of nitrogens with zero attached hydrogens (tertiary/aromatic N) is 4. The molecule has 2 aromatic heterocycles. The Bertz CT molecular complexity index is 540. The number of aromatic nitrogens is 4. The van der Waals surface area contributed by atoms with E-state index < -0.39 is 0 Å². The molecule has 0 radical (unpaired) electrons. The molecule has 2 heterocycles. The van der Waals surface area contributed by atoms with Gasteiger partial charge in [0, 0.05) is 5.69 Å². The summed E-state index contributed by atoms with van der Waals surface area (Å²) < 4.78 is 1.82. The van der Waals surface area contributed by atoms with E-state index in [4.69, 9.17) is 0 Å². The minimum Gasteiger partial charge on any atom is -0.254 e. The summed E-state index contributed by atoms with van der Waals surface area (Å²) in [7, 11) is 0. The Labute approximate surface area is 94.7 Å². The van der Waals surface area contributed by atoms with Crippen LogP contribution >= 0.6 is 0 Å². The summed E-state index contributed by atoms with van der Waals surface area (Å²) in [6.07, 6.45) is 1.73. The number of hydrogen-bond acceptors (Lipinski definition) is 3. The van der Waals surface area contributed by atoms with Gasteiger partial charge in [-0.25, -0.2) is 9.67 Å². The highest BCUT2D eigenvalue weighted by molar-refractivity contribution is 5.48. The maximum absolute atomic E-state index is 4.34. The Kier molecular flexibility index (Phi) is 2.56. The maximum atomic E-state index is 4.34. The summed E-state index contributed by atoms with van der Waals surface area (Å²) >= 11 is 0. The van der Waals surface area contributed by atoms with Gasteiger partial charge in [-0.05, 0) is 39.0 Å². The van der Waals surface area contributed by atoms with Gasteiger partial charge < -0.3 is 0 Å². The molecule has 0 aliphatic heterocycles. The van der Waals surface area contributed by atoms with Crippen molar-refractivity contribution in [2.24, 2.45) is 0 Å². The highest BCUT2D eigenvalue weighted by Gasteiger charge is 2.06. The predicted octanol–water partition coefficient (Wildman–Crippen LogP) is 2.23. The highest BCUT2D eigenvalue weighted by Crippen LogP contribution is 2.13. The molecule has 2 aromatic rings. The lowest BCUT2D eigenvalue weighted by atomic mass is 10.2. The Balaban J connectivity index is 2.59. The Hall–Kier alpha value is -1.97. The molecule has 0 aliphatic carbocycles. The lowest BCUT2D eigenvalue weighted by molar-refractivity contribution is 0.826. The first kappa shape index (κ1) is 10.5. The molecule has 0 N–H and O–H groups in total. The Morgan fingerprint density at radius 2 is 1.94 bits per heavy atom.